The number of nitrogens with zero attached hydrogens (tertiary/aromatic N) is 1. The molecule has 1 aliphatic heterocycles. The van der Waals surface area contributed by atoms with Gasteiger partial charge in [0.25, 0.3) is 0 Å². The first-order valence-electron chi connectivity index (χ1n) is 5.74. The molecule has 2 rings (SSSR count). The molecule has 0 fully saturated rings. The Morgan fingerprint density at radius 1 is 1.50 bits per heavy atom. The summed E-state index contributed by atoms with van der Waals surface area (Å²) in [6.45, 7) is 4.43. The van der Waals surface area contributed by atoms with Gasteiger partial charge >= 0.3 is 5.97 Å². The fourth-order valence-corrected chi connectivity index (χ4v) is 2.22. The van der Waals surface area contributed by atoms with E-state index in [1.807, 2.05) is 13.0 Å². The van der Waals surface area contributed by atoms with Crippen molar-refractivity contribution in [2.75, 3.05) is 11.4 Å². The number of para-hydroxylation sites is 1. The lowest BCUT2D eigenvalue weighted by Crippen LogP contribution is -2.36. The number of carbonyl (C=O) groups is 1. The zero-order valence-electron chi connectivity index (χ0n) is 9.77. The number of ether oxygens (including phenoxy) is 1. The Morgan fingerprint density at radius 3 is 2.94 bits per heavy atom. The van der Waals surface area contributed by atoms with Crippen LogP contribution in [0.2, 0.25) is 0 Å². The fourth-order valence-electron chi connectivity index (χ4n) is 2.22. The summed E-state index contributed by atoms with van der Waals surface area (Å²) in [4.78, 5) is 13.2. The smallest absolute Gasteiger partial charge is 0.304 e. The van der Waals surface area contributed by atoms with Crippen molar-refractivity contribution in [3.8, 4) is 0 Å². The van der Waals surface area contributed by atoms with Crippen LogP contribution in [0.3, 0.4) is 0 Å². The minimum absolute atomic E-state index is 0.124. The Labute approximate surface area is 96.0 Å². The van der Waals surface area contributed by atoms with Gasteiger partial charge in [0.2, 0.25) is 0 Å². The van der Waals surface area contributed by atoms with E-state index in [1.165, 1.54) is 18.2 Å². The maximum absolute atomic E-state index is 11.0. The molecule has 0 bridgehead atoms. The van der Waals surface area contributed by atoms with Crippen molar-refractivity contribution in [2.45, 2.75) is 32.9 Å². The topological polar surface area (TPSA) is 29.5 Å². The number of fused-ring (bicyclic) bond motifs is 1. The third-order valence-corrected chi connectivity index (χ3v) is 2.92. The van der Waals surface area contributed by atoms with E-state index in [-0.39, 0.29) is 12.2 Å². The predicted octanol–water partition coefficient (Wildman–Crippen LogP) is 2.35. The highest BCUT2D eigenvalue weighted by molar-refractivity contribution is 5.67. The summed E-state index contributed by atoms with van der Waals surface area (Å²) in [6, 6.07) is 8.30. The Kier molecular flexibility index (Phi) is 3.13. The van der Waals surface area contributed by atoms with E-state index in [2.05, 4.69) is 23.1 Å². The molecule has 0 spiro atoms. The molecule has 0 radical (unpaired) electrons. The van der Waals surface area contributed by atoms with E-state index >= 15 is 0 Å². The highest BCUT2D eigenvalue weighted by Crippen LogP contribution is 2.30. The van der Waals surface area contributed by atoms with Crippen molar-refractivity contribution in [1.82, 2.24) is 0 Å². The van der Waals surface area contributed by atoms with E-state index in [1.54, 1.807) is 0 Å². The molecule has 0 amide bonds. The molecule has 0 saturated carbocycles. The van der Waals surface area contributed by atoms with Gasteiger partial charge < -0.3 is 9.64 Å². The number of carbonyl (C=O) groups excluding carboxylic acids is 1. The van der Waals surface area contributed by atoms with Crippen LogP contribution in [0.1, 0.15) is 25.8 Å². The molecule has 1 heterocycles. The Hall–Kier alpha value is -1.51. The first-order valence-corrected chi connectivity index (χ1v) is 5.74. The summed E-state index contributed by atoms with van der Waals surface area (Å²) in [5.74, 6) is -0.212. The monoisotopic (exact) mass is 219 g/mol. The van der Waals surface area contributed by atoms with Gasteiger partial charge in [-0.15, -0.1) is 0 Å². The van der Waals surface area contributed by atoms with Gasteiger partial charge in [0, 0.05) is 25.6 Å². The van der Waals surface area contributed by atoms with Crippen LogP contribution < -0.4 is 4.90 Å². The third-order valence-electron chi connectivity index (χ3n) is 2.92. The third kappa shape index (κ3) is 2.03. The van der Waals surface area contributed by atoms with Gasteiger partial charge in [-0.2, -0.15) is 0 Å². The first kappa shape index (κ1) is 11.0. The lowest BCUT2D eigenvalue weighted by Gasteiger charge is -2.28. The van der Waals surface area contributed by atoms with Crippen molar-refractivity contribution in [2.24, 2.45) is 0 Å². The van der Waals surface area contributed by atoms with E-state index in [0.717, 1.165) is 19.4 Å². The predicted molar refractivity (Wildman–Crippen MR) is 63.3 cm³/mol. The molecule has 1 unspecified atom stereocenters. The van der Waals surface area contributed by atoms with Gasteiger partial charge in [0.15, 0.2) is 6.23 Å². The molecule has 3 nitrogen and oxygen atoms in total. The van der Waals surface area contributed by atoms with E-state index < -0.39 is 0 Å². The zero-order chi connectivity index (χ0) is 11.5. The molecule has 86 valence electrons. The number of benzene rings is 1. The van der Waals surface area contributed by atoms with Crippen LogP contribution in [-0.2, 0) is 16.0 Å². The van der Waals surface area contributed by atoms with Crippen molar-refractivity contribution in [3.05, 3.63) is 29.8 Å². The van der Waals surface area contributed by atoms with Crippen LogP contribution >= 0.6 is 0 Å². The number of anilines is 1. The molecular formula is C13H17NO2. The average molecular weight is 219 g/mol. The largest absolute Gasteiger partial charge is 0.442 e. The standard InChI is InChI=1S/C13H17NO2/c1-3-13(16-10(2)15)14-9-8-11-6-4-5-7-12(11)14/h4-7,13H,3,8-9H2,1-2H3. The van der Waals surface area contributed by atoms with Crippen LogP contribution in [-0.4, -0.2) is 18.7 Å². The Bertz CT molecular complexity index is 389. The lowest BCUT2D eigenvalue weighted by atomic mass is 10.2. The summed E-state index contributed by atoms with van der Waals surface area (Å²) in [7, 11) is 0. The van der Waals surface area contributed by atoms with Gasteiger partial charge in [-0.3, -0.25) is 4.79 Å². The summed E-state index contributed by atoms with van der Waals surface area (Å²) < 4.78 is 5.33. The molecule has 0 aromatic heterocycles. The Balaban J connectivity index is 2.19. The zero-order valence-corrected chi connectivity index (χ0v) is 9.77. The lowest BCUT2D eigenvalue weighted by molar-refractivity contribution is -0.146. The van der Waals surface area contributed by atoms with Crippen molar-refractivity contribution < 1.29 is 9.53 Å². The SMILES string of the molecule is CCC(OC(C)=O)N1CCc2ccccc21. The number of esters is 1. The van der Waals surface area contributed by atoms with Crippen LogP contribution in [0.15, 0.2) is 24.3 Å². The van der Waals surface area contributed by atoms with Crippen LogP contribution in [0.4, 0.5) is 5.69 Å². The van der Waals surface area contributed by atoms with E-state index in [0.29, 0.717) is 0 Å². The second-order valence-electron chi connectivity index (χ2n) is 4.04. The molecule has 3 heteroatoms. The molecule has 16 heavy (non-hydrogen) atoms. The maximum atomic E-state index is 11.0. The van der Waals surface area contributed by atoms with E-state index in [9.17, 15) is 4.79 Å². The van der Waals surface area contributed by atoms with E-state index in [4.69, 9.17) is 4.74 Å². The summed E-state index contributed by atoms with van der Waals surface area (Å²) in [5, 5.41) is 0. The van der Waals surface area contributed by atoms with Crippen LogP contribution in [0, 0.1) is 0 Å². The number of hydrogen-bond donors (Lipinski definition) is 0. The molecule has 0 N–H and O–H groups in total. The van der Waals surface area contributed by atoms with Crippen LogP contribution in [0.5, 0.6) is 0 Å². The maximum Gasteiger partial charge on any atom is 0.304 e. The molecule has 0 saturated heterocycles. The summed E-state index contributed by atoms with van der Waals surface area (Å²) >= 11 is 0. The quantitative estimate of drug-likeness (QED) is 0.731. The summed E-state index contributed by atoms with van der Waals surface area (Å²) in [6.07, 6.45) is 1.73. The second-order valence-corrected chi connectivity index (χ2v) is 4.04. The normalized spacial score (nSPS) is 15.8. The molecule has 1 atom stereocenters. The van der Waals surface area contributed by atoms with Gasteiger partial charge in [0.1, 0.15) is 0 Å². The van der Waals surface area contributed by atoms with Crippen molar-refractivity contribution >= 4 is 11.7 Å². The minimum Gasteiger partial charge on any atom is -0.442 e. The van der Waals surface area contributed by atoms with Gasteiger partial charge in [-0.1, -0.05) is 25.1 Å². The van der Waals surface area contributed by atoms with Gasteiger partial charge in [0.05, 0.1) is 0 Å². The molecule has 1 aliphatic rings. The van der Waals surface area contributed by atoms with Crippen molar-refractivity contribution in [1.29, 1.82) is 0 Å². The van der Waals surface area contributed by atoms with Crippen LogP contribution in [0.25, 0.3) is 0 Å². The number of hydrogen-bond acceptors (Lipinski definition) is 3. The minimum atomic E-state index is -0.212. The van der Waals surface area contributed by atoms with Gasteiger partial charge in [-0.05, 0) is 18.1 Å². The average Bonchev–Trinajstić information content (AvgIpc) is 2.69. The van der Waals surface area contributed by atoms with Crippen molar-refractivity contribution in [3.63, 3.8) is 0 Å². The Morgan fingerprint density at radius 2 is 2.25 bits per heavy atom. The highest BCUT2D eigenvalue weighted by atomic mass is 16.6. The fraction of sp³-hybridized carbons (Fsp3) is 0.462. The van der Waals surface area contributed by atoms with Gasteiger partial charge in [-0.25, -0.2) is 0 Å². The molecular weight excluding hydrogens is 202 g/mol. The molecule has 1 aromatic carbocycles. The second kappa shape index (κ2) is 4.56. The first-order chi connectivity index (χ1) is 7.72. The number of rotatable bonds is 3. The summed E-state index contributed by atoms with van der Waals surface area (Å²) in [5.41, 5.74) is 2.55. The highest BCUT2D eigenvalue weighted by Gasteiger charge is 2.26. The molecule has 1 aromatic rings. The molecule has 0 aliphatic carbocycles.